The zero-order chi connectivity index (χ0) is 25.1. The zero-order valence-electron chi connectivity index (χ0n) is 19.6. The fourth-order valence-corrected chi connectivity index (χ4v) is 4.07. The van der Waals surface area contributed by atoms with Gasteiger partial charge >= 0.3 is 0 Å². The number of pyridine rings is 2. The van der Waals surface area contributed by atoms with Crippen molar-refractivity contribution in [3.63, 3.8) is 0 Å². The molecular weight excluding hydrogens is 454 g/mol. The molecule has 184 valence electrons. The molecule has 35 heavy (non-hydrogen) atoms. The SMILES string of the molecule is CC(C)Oc1ccc(F)c(-c2ccc(N)c(C(=O)Nc3cnccc3N3CCCC(N)C3)n2)c1F. The van der Waals surface area contributed by atoms with Gasteiger partial charge in [-0.25, -0.2) is 13.8 Å². The number of nitrogens with two attached hydrogens (primary N) is 2. The fraction of sp³-hybridized carbons (Fsp3) is 0.320. The Hall–Kier alpha value is -3.79. The normalized spacial score (nSPS) is 15.8. The lowest BCUT2D eigenvalue weighted by Gasteiger charge is -2.33. The molecule has 0 saturated carbocycles. The smallest absolute Gasteiger partial charge is 0.276 e. The molecule has 1 aliphatic heterocycles. The summed E-state index contributed by atoms with van der Waals surface area (Å²) >= 11 is 0. The van der Waals surface area contributed by atoms with Crippen LogP contribution in [-0.4, -0.2) is 41.1 Å². The van der Waals surface area contributed by atoms with E-state index in [2.05, 4.69) is 20.2 Å². The molecule has 8 nitrogen and oxygen atoms in total. The number of nitrogens with zero attached hydrogens (tertiary/aromatic N) is 3. The summed E-state index contributed by atoms with van der Waals surface area (Å²) in [5, 5.41) is 2.79. The van der Waals surface area contributed by atoms with Crippen molar-refractivity contribution in [1.29, 1.82) is 0 Å². The van der Waals surface area contributed by atoms with Gasteiger partial charge in [0, 0.05) is 25.3 Å². The molecule has 4 rings (SSSR count). The number of hydrogen-bond acceptors (Lipinski definition) is 7. The summed E-state index contributed by atoms with van der Waals surface area (Å²) in [5.74, 6) is -2.48. The highest BCUT2D eigenvalue weighted by Crippen LogP contribution is 2.33. The number of halogens is 2. The number of piperidine rings is 1. The molecule has 1 amide bonds. The maximum absolute atomic E-state index is 15.1. The van der Waals surface area contributed by atoms with Gasteiger partial charge in [-0.3, -0.25) is 9.78 Å². The van der Waals surface area contributed by atoms with E-state index in [4.69, 9.17) is 16.2 Å². The second kappa shape index (κ2) is 10.2. The average molecular weight is 483 g/mol. The topological polar surface area (TPSA) is 119 Å². The Morgan fingerprint density at radius 1 is 1.23 bits per heavy atom. The standard InChI is InChI=1S/C25H28F2N6O2/c1-14(2)35-21-8-5-16(26)22(23(21)27)18-7-6-17(29)24(31-18)25(34)32-19-12-30-10-9-20(19)33-11-3-4-15(28)13-33/h5-10,12,14-15H,3-4,11,13,28-29H2,1-2H3,(H,32,34). The van der Waals surface area contributed by atoms with Crippen molar-refractivity contribution in [2.75, 3.05) is 29.0 Å². The van der Waals surface area contributed by atoms with E-state index in [1.807, 2.05) is 0 Å². The molecular formula is C25H28F2N6O2. The van der Waals surface area contributed by atoms with Crippen LogP contribution in [0.1, 0.15) is 37.2 Å². The van der Waals surface area contributed by atoms with Gasteiger partial charge in [0.1, 0.15) is 5.82 Å². The molecule has 10 heteroatoms. The summed E-state index contributed by atoms with van der Waals surface area (Å²) in [5.41, 5.74) is 12.8. The Labute approximate surface area is 202 Å². The van der Waals surface area contributed by atoms with Crippen LogP contribution in [0.5, 0.6) is 5.75 Å². The van der Waals surface area contributed by atoms with Crippen molar-refractivity contribution in [2.24, 2.45) is 5.73 Å². The summed E-state index contributed by atoms with van der Waals surface area (Å²) in [7, 11) is 0. The van der Waals surface area contributed by atoms with E-state index < -0.39 is 23.1 Å². The van der Waals surface area contributed by atoms with E-state index in [1.54, 1.807) is 26.1 Å². The van der Waals surface area contributed by atoms with Gasteiger partial charge in [-0.15, -0.1) is 0 Å². The predicted octanol–water partition coefficient (Wildman–Crippen LogP) is 3.97. The van der Waals surface area contributed by atoms with Gasteiger partial charge < -0.3 is 26.4 Å². The van der Waals surface area contributed by atoms with E-state index in [0.29, 0.717) is 12.2 Å². The van der Waals surface area contributed by atoms with Crippen molar-refractivity contribution in [1.82, 2.24) is 9.97 Å². The molecule has 1 aliphatic rings. The van der Waals surface area contributed by atoms with Crippen molar-refractivity contribution < 1.29 is 18.3 Å². The molecule has 1 unspecified atom stereocenters. The third kappa shape index (κ3) is 5.32. The van der Waals surface area contributed by atoms with Crippen LogP contribution in [0.3, 0.4) is 0 Å². The molecule has 1 aromatic carbocycles. The molecule has 3 heterocycles. The van der Waals surface area contributed by atoms with Gasteiger partial charge in [0.05, 0.1) is 40.6 Å². The molecule has 0 bridgehead atoms. The molecule has 0 aliphatic carbocycles. The summed E-state index contributed by atoms with van der Waals surface area (Å²) in [6.07, 6.45) is 4.72. The van der Waals surface area contributed by atoms with Crippen LogP contribution in [0.4, 0.5) is 25.8 Å². The number of ether oxygens (including phenoxy) is 1. The van der Waals surface area contributed by atoms with Crippen LogP contribution in [0.25, 0.3) is 11.3 Å². The van der Waals surface area contributed by atoms with Crippen molar-refractivity contribution in [2.45, 2.75) is 38.8 Å². The Bertz CT molecular complexity index is 1240. The lowest BCUT2D eigenvalue weighted by atomic mass is 10.1. The first-order valence-electron chi connectivity index (χ1n) is 11.4. The summed E-state index contributed by atoms with van der Waals surface area (Å²) < 4.78 is 35.1. The molecule has 1 saturated heterocycles. The van der Waals surface area contributed by atoms with Crippen LogP contribution in [0, 0.1) is 11.6 Å². The maximum Gasteiger partial charge on any atom is 0.276 e. The monoisotopic (exact) mass is 482 g/mol. The molecule has 0 radical (unpaired) electrons. The highest BCUT2D eigenvalue weighted by molar-refractivity contribution is 6.08. The Morgan fingerprint density at radius 3 is 2.77 bits per heavy atom. The minimum atomic E-state index is -0.904. The number of aromatic nitrogens is 2. The zero-order valence-corrected chi connectivity index (χ0v) is 19.6. The molecule has 3 aromatic rings. The molecule has 2 aromatic heterocycles. The first kappa shape index (κ1) is 24.3. The number of nitrogens with one attached hydrogen (secondary N) is 1. The Morgan fingerprint density at radius 2 is 2.03 bits per heavy atom. The van der Waals surface area contributed by atoms with E-state index in [0.717, 1.165) is 31.1 Å². The molecule has 1 fully saturated rings. The second-order valence-electron chi connectivity index (χ2n) is 8.73. The van der Waals surface area contributed by atoms with Gasteiger partial charge in [-0.2, -0.15) is 0 Å². The number of anilines is 3. The Kier molecular flexibility index (Phi) is 7.11. The van der Waals surface area contributed by atoms with Crippen LogP contribution in [0.2, 0.25) is 0 Å². The average Bonchev–Trinajstić information content (AvgIpc) is 2.82. The van der Waals surface area contributed by atoms with Gasteiger partial charge in [0.25, 0.3) is 5.91 Å². The minimum Gasteiger partial charge on any atom is -0.488 e. The third-order valence-corrected chi connectivity index (χ3v) is 5.66. The first-order chi connectivity index (χ1) is 16.7. The van der Waals surface area contributed by atoms with E-state index in [-0.39, 0.29) is 35.0 Å². The van der Waals surface area contributed by atoms with Gasteiger partial charge in [-0.05, 0) is 57.0 Å². The summed E-state index contributed by atoms with van der Waals surface area (Å²) in [6, 6.07) is 6.90. The van der Waals surface area contributed by atoms with Gasteiger partial charge in [0.15, 0.2) is 17.3 Å². The second-order valence-corrected chi connectivity index (χ2v) is 8.73. The lowest BCUT2D eigenvalue weighted by molar-refractivity contribution is 0.102. The highest BCUT2D eigenvalue weighted by atomic mass is 19.1. The number of carbonyl (C=O) groups excluding carboxylic acids is 1. The van der Waals surface area contributed by atoms with E-state index >= 15 is 4.39 Å². The largest absolute Gasteiger partial charge is 0.488 e. The fourth-order valence-electron chi connectivity index (χ4n) is 4.07. The number of benzene rings is 1. The van der Waals surface area contributed by atoms with Crippen molar-refractivity contribution >= 4 is 23.0 Å². The van der Waals surface area contributed by atoms with Crippen LogP contribution in [-0.2, 0) is 0 Å². The van der Waals surface area contributed by atoms with Gasteiger partial charge in [-0.1, -0.05) is 0 Å². The lowest BCUT2D eigenvalue weighted by Crippen LogP contribution is -2.43. The van der Waals surface area contributed by atoms with Gasteiger partial charge in [0.2, 0.25) is 0 Å². The van der Waals surface area contributed by atoms with Crippen molar-refractivity contribution in [3.05, 3.63) is 60.1 Å². The maximum atomic E-state index is 15.1. The quantitative estimate of drug-likeness (QED) is 0.486. The highest BCUT2D eigenvalue weighted by Gasteiger charge is 2.23. The van der Waals surface area contributed by atoms with E-state index in [1.165, 1.54) is 24.4 Å². The number of nitrogen functional groups attached to an aromatic ring is 1. The molecule has 5 N–H and O–H groups in total. The predicted molar refractivity (Wildman–Crippen MR) is 131 cm³/mol. The first-order valence-corrected chi connectivity index (χ1v) is 11.4. The van der Waals surface area contributed by atoms with Crippen molar-refractivity contribution in [3.8, 4) is 17.0 Å². The third-order valence-electron chi connectivity index (χ3n) is 5.66. The number of carbonyl (C=O) groups is 1. The Balaban J connectivity index is 1.66. The number of hydrogen-bond donors (Lipinski definition) is 3. The summed E-state index contributed by atoms with van der Waals surface area (Å²) in [4.78, 5) is 23.6. The minimum absolute atomic E-state index is 0.0368. The van der Waals surface area contributed by atoms with Crippen LogP contribution < -0.4 is 26.4 Å². The molecule has 1 atom stereocenters. The van der Waals surface area contributed by atoms with Crippen LogP contribution in [0.15, 0.2) is 42.7 Å². The summed E-state index contributed by atoms with van der Waals surface area (Å²) in [6.45, 7) is 4.91. The van der Waals surface area contributed by atoms with E-state index in [9.17, 15) is 9.18 Å². The van der Waals surface area contributed by atoms with Crippen LogP contribution >= 0.6 is 0 Å². The number of rotatable bonds is 6. The molecule has 0 spiro atoms. The number of amides is 1.